The van der Waals surface area contributed by atoms with E-state index in [9.17, 15) is 0 Å². The molecule has 2 nitrogen and oxygen atoms in total. The zero-order chi connectivity index (χ0) is 7.56. The summed E-state index contributed by atoms with van der Waals surface area (Å²) in [6.45, 7) is 5.14. The summed E-state index contributed by atoms with van der Waals surface area (Å²) < 4.78 is 10.3. The summed E-state index contributed by atoms with van der Waals surface area (Å²) in [6, 6.07) is 0. The fourth-order valence-corrected chi connectivity index (χ4v) is 1.83. The zero-order valence-corrected chi connectivity index (χ0v) is 8.52. The smallest absolute Gasteiger partial charge is 0.352 e. The van der Waals surface area contributed by atoms with Gasteiger partial charge in [0.15, 0.2) is 0 Å². The van der Waals surface area contributed by atoms with Gasteiger partial charge in [-0.2, -0.15) is 0 Å². The van der Waals surface area contributed by atoms with E-state index in [1.165, 1.54) is 0 Å². The number of rotatable bonds is 2. The van der Waals surface area contributed by atoms with Crippen molar-refractivity contribution in [2.45, 2.75) is 25.1 Å². The molecule has 0 N–H and O–H groups in total. The Balaban J connectivity index is 2.36. The van der Waals surface area contributed by atoms with E-state index in [-0.39, 0.29) is 15.6 Å². The predicted octanol–water partition coefficient (Wildman–Crippen LogP) is 0.712. The molecular weight excluding hydrogens is 164 g/mol. The van der Waals surface area contributed by atoms with Crippen molar-refractivity contribution < 1.29 is 9.47 Å². The van der Waals surface area contributed by atoms with Crippen LogP contribution in [0.3, 0.4) is 0 Å². The highest BCUT2D eigenvalue weighted by molar-refractivity contribution is 7.79. The Morgan fingerprint density at radius 1 is 1.80 bits per heavy atom. The van der Waals surface area contributed by atoms with Crippen molar-refractivity contribution in [3.63, 3.8) is 0 Å². The van der Waals surface area contributed by atoms with Crippen LogP contribution in [0, 0.1) is 0 Å². The normalized spacial score (nSPS) is 28.6. The molecule has 2 atom stereocenters. The Labute approximate surface area is 68.7 Å². The van der Waals surface area contributed by atoms with Crippen molar-refractivity contribution >= 4 is 27.0 Å². The Morgan fingerprint density at radius 3 is 2.90 bits per heavy atom. The molecular formula is C6H12O2SSi. The van der Waals surface area contributed by atoms with Crippen molar-refractivity contribution in [1.82, 2.24) is 0 Å². The third-order valence-electron chi connectivity index (χ3n) is 1.89. The Bertz CT molecular complexity index is 140. The van der Waals surface area contributed by atoms with Crippen LogP contribution in [0.15, 0.2) is 0 Å². The minimum atomic E-state index is 0.0217. The van der Waals surface area contributed by atoms with E-state index in [0.29, 0.717) is 17.4 Å². The second kappa shape index (κ2) is 3.34. The van der Waals surface area contributed by atoms with E-state index in [4.69, 9.17) is 21.7 Å². The lowest BCUT2D eigenvalue weighted by Gasteiger charge is -2.12. The fourth-order valence-electron chi connectivity index (χ4n) is 0.885. The van der Waals surface area contributed by atoms with Crippen LogP contribution < -0.4 is 0 Å². The Hall–Kier alpha value is -0.0931. The van der Waals surface area contributed by atoms with Crippen molar-refractivity contribution in [3.8, 4) is 0 Å². The molecule has 1 aliphatic heterocycles. The second-order valence-corrected chi connectivity index (χ2v) is 5.04. The first-order valence-corrected chi connectivity index (χ1v) is 6.21. The quantitative estimate of drug-likeness (QED) is 0.456. The average molecular weight is 176 g/mol. The SMILES string of the molecule is C[SiH2][C@@H](C)C1COC(=S)O1. The van der Waals surface area contributed by atoms with Crippen molar-refractivity contribution in [1.29, 1.82) is 0 Å². The van der Waals surface area contributed by atoms with E-state index in [1.54, 1.807) is 0 Å². The van der Waals surface area contributed by atoms with Crippen LogP contribution in [0.1, 0.15) is 6.92 Å². The lowest BCUT2D eigenvalue weighted by atomic mass is 10.3. The molecule has 0 amide bonds. The van der Waals surface area contributed by atoms with Gasteiger partial charge in [-0.1, -0.05) is 13.5 Å². The van der Waals surface area contributed by atoms with Crippen LogP contribution >= 0.6 is 12.2 Å². The van der Waals surface area contributed by atoms with Gasteiger partial charge in [0, 0.05) is 21.7 Å². The van der Waals surface area contributed by atoms with E-state index in [0.717, 1.165) is 0 Å². The van der Waals surface area contributed by atoms with Crippen molar-refractivity contribution in [2.75, 3.05) is 6.61 Å². The van der Waals surface area contributed by atoms with E-state index in [2.05, 4.69) is 13.5 Å². The summed E-state index contributed by atoms with van der Waals surface area (Å²) in [6.07, 6.45) is 0.254. The second-order valence-electron chi connectivity index (χ2n) is 2.60. The molecule has 0 spiro atoms. The summed E-state index contributed by atoms with van der Waals surface area (Å²) in [4.78, 5) is 0. The predicted molar refractivity (Wildman–Crippen MR) is 47.3 cm³/mol. The van der Waals surface area contributed by atoms with Crippen LogP contribution in [0.4, 0.5) is 0 Å². The van der Waals surface area contributed by atoms with Gasteiger partial charge < -0.3 is 9.47 Å². The van der Waals surface area contributed by atoms with Crippen molar-refractivity contribution in [2.24, 2.45) is 0 Å². The summed E-state index contributed by atoms with van der Waals surface area (Å²) in [5, 5.41) is 0.333. The molecule has 58 valence electrons. The molecule has 0 aromatic carbocycles. The van der Waals surface area contributed by atoms with Crippen LogP contribution in [-0.4, -0.2) is 27.5 Å². The summed E-state index contributed by atoms with van der Waals surface area (Å²) >= 11 is 4.73. The largest absolute Gasteiger partial charge is 0.453 e. The molecule has 0 aliphatic carbocycles. The highest BCUT2D eigenvalue weighted by Gasteiger charge is 2.26. The van der Waals surface area contributed by atoms with Crippen LogP contribution in [0.25, 0.3) is 0 Å². The van der Waals surface area contributed by atoms with Crippen LogP contribution in [0.5, 0.6) is 0 Å². The molecule has 0 aromatic heterocycles. The van der Waals surface area contributed by atoms with Crippen molar-refractivity contribution in [3.05, 3.63) is 0 Å². The maximum absolute atomic E-state index is 5.26. The minimum Gasteiger partial charge on any atom is -0.453 e. The van der Waals surface area contributed by atoms with Gasteiger partial charge in [-0.15, -0.1) is 0 Å². The highest BCUT2D eigenvalue weighted by Crippen LogP contribution is 2.18. The van der Waals surface area contributed by atoms with Gasteiger partial charge >= 0.3 is 5.24 Å². The summed E-state index contributed by atoms with van der Waals surface area (Å²) in [5.41, 5.74) is 0.681. The minimum absolute atomic E-state index is 0.0217. The van der Waals surface area contributed by atoms with E-state index >= 15 is 0 Å². The molecule has 0 aromatic rings. The van der Waals surface area contributed by atoms with Gasteiger partial charge in [-0.3, -0.25) is 0 Å². The number of hydrogen-bond acceptors (Lipinski definition) is 3. The first kappa shape index (κ1) is 8.01. The Morgan fingerprint density at radius 2 is 2.50 bits per heavy atom. The van der Waals surface area contributed by atoms with Gasteiger partial charge in [-0.05, 0) is 5.54 Å². The molecule has 1 heterocycles. The average Bonchev–Trinajstić information content (AvgIpc) is 2.34. The third kappa shape index (κ3) is 1.70. The van der Waals surface area contributed by atoms with Gasteiger partial charge in [0.2, 0.25) is 0 Å². The topological polar surface area (TPSA) is 18.5 Å². The summed E-state index contributed by atoms with van der Waals surface area (Å²) in [5.74, 6) is 0. The van der Waals surface area contributed by atoms with Gasteiger partial charge in [-0.25, -0.2) is 0 Å². The van der Waals surface area contributed by atoms with Gasteiger partial charge in [0.25, 0.3) is 0 Å². The van der Waals surface area contributed by atoms with Crippen LogP contribution in [0.2, 0.25) is 12.1 Å². The van der Waals surface area contributed by atoms with Gasteiger partial charge in [0.05, 0.1) is 0 Å². The number of thiocarbonyl (C=S) groups is 1. The standard InChI is InChI=1S/C6H12O2SSi/c1-4(10-2)5-3-7-6(9)8-5/h4-5H,3,10H2,1-2H3/t4-,5?/m0/s1. The molecule has 0 saturated carbocycles. The van der Waals surface area contributed by atoms with Gasteiger partial charge in [0.1, 0.15) is 12.7 Å². The molecule has 10 heavy (non-hydrogen) atoms. The Kier molecular flexibility index (Phi) is 2.68. The molecule has 1 fully saturated rings. The number of ether oxygens (including phenoxy) is 2. The molecule has 0 bridgehead atoms. The fraction of sp³-hybridized carbons (Fsp3) is 0.833. The molecule has 4 heteroatoms. The van der Waals surface area contributed by atoms with E-state index < -0.39 is 0 Å². The lowest BCUT2D eigenvalue weighted by Crippen LogP contribution is -2.18. The molecule has 1 saturated heterocycles. The monoisotopic (exact) mass is 176 g/mol. The number of hydrogen-bond donors (Lipinski definition) is 0. The van der Waals surface area contributed by atoms with E-state index in [1.807, 2.05) is 0 Å². The summed E-state index contributed by atoms with van der Waals surface area (Å²) in [7, 11) is 0.0217. The maximum Gasteiger partial charge on any atom is 0.352 e. The lowest BCUT2D eigenvalue weighted by molar-refractivity contribution is 0.225. The first-order valence-electron chi connectivity index (χ1n) is 3.57. The third-order valence-corrected chi connectivity index (χ3v) is 3.92. The zero-order valence-electron chi connectivity index (χ0n) is 6.29. The molecule has 1 aliphatic rings. The molecule has 1 rings (SSSR count). The first-order chi connectivity index (χ1) is 4.74. The maximum atomic E-state index is 5.26. The molecule has 1 unspecified atom stereocenters. The van der Waals surface area contributed by atoms with Crippen LogP contribution in [-0.2, 0) is 9.47 Å². The molecule has 0 radical (unpaired) electrons. The highest BCUT2D eigenvalue weighted by atomic mass is 32.1.